The zero-order valence-corrected chi connectivity index (χ0v) is 12.1. The van der Waals surface area contributed by atoms with Crippen LogP contribution in [0.3, 0.4) is 0 Å². The van der Waals surface area contributed by atoms with Gasteiger partial charge in [-0.1, -0.05) is 47.0 Å². The Bertz CT molecular complexity index is 475. The minimum absolute atomic E-state index is 0.568. The zero-order valence-electron chi connectivity index (χ0n) is 9.80. The van der Waals surface area contributed by atoms with E-state index >= 15 is 0 Å². The number of anilines is 1. The second kappa shape index (κ2) is 4.96. The molecule has 1 nitrogen and oxygen atoms in total. The summed E-state index contributed by atoms with van der Waals surface area (Å²) < 4.78 is 0. The lowest BCUT2D eigenvalue weighted by molar-refractivity contribution is 0.472. The van der Waals surface area contributed by atoms with E-state index < -0.39 is 0 Å². The molecule has 3 rings (SSSR count). The van der Waals surface area contributed by atoms with Gasteiger partial charge in [0.05, 0.1) is 15.7 Å². The van der Waals surface area contributed by atoms with Crippen LogP contribution in [-0.4, -0.2) is 6.54 Å². The molecule has 0 aromatic heterocycles. The van der Waals surface area contributed by atoms with Gasteiger partial charge in [-0.05, 0) is 42.7 Å². The van der Waals surface area contributed by atoms with Crippen molar-refractivity contribution in [1.82, 2.24) is 0 Å². The van der Waals surface area contributed by atoms with Crippen LogP contribution < -0.4 is 5.32 Å². The van der Waals surface area contributed by atoms with Crippen molar-refractivity contribution in [2.45, 2.75) is 12.8 Å². The summed E-state index contributed by atoms with van der Waals surface area (Å²) in [5.41, 5.74) is 0.800. The number of nitrogens with one attached hydrogen (secondary N) is 1. The van der Waals surface area contributed by atoms with E-state index in [-0.39, 0.29) is 0 Å². The van der Waals surface area contributed by atoms with Gasteiger partial charge in [0.25, 0.3) is 0 Å². The highest BCUT2D eigenvalue weighted by Gasteiger charge is 2.35. The lowest BCUT2D eigenvalue weighted by Gasteiger charge is -2.20. The number of halogens is 3. The quantitative estimate of drug-likeness (QED) is 0.750. The van der Waals surface area contributed by atoms with Crippen LogP contribution in [0.25, 0.3) is 0 Å². The van der Waals surface area contributed by atoms with Gasteiger partial charge < -0.3 is 5.32 Å². The zero-order chi connectivity index (χ0) is 12.7. The van der Waals surface area contributed by atoms with Crippen LogP contribution in [0.15, 0.2) is 24.3 Å². The Morgan fingerprint density at radius 3 is 2.33 bits per heavy atom. The lowest BCUT2D eigenvalue weighted by Crippen LogP contribution is -2.18. The van der Waals surface area contributed by atoms with Gasteiger partial charge >= 0.3 is 0 Å². The number of fused-ring (bicyclic) bond motifs is 2. The van der Waals surface area contributed by atoms with Crippen molar-refractivity contribution in [3.8, 4) is 0 Å². The Kier molecular flexibility index (Phi) is 3.48. The fraction of sp³-hybridized carbons (Fsp3) is 0.429. The largest absolute Gasteiger partial charge is 0.382 e. The van der Waals surface area contributed by atoms with Gasteiger partial charge in [0, 0.05) is 11.6 Å². The van der Waals surface area contributed by atoms with Crippen molar-refractivity contribution in [3.63, 3.8) is 0 Å². The highest BCUT2D eigenvalue weighted by atomic mass is 35.5. The van der Waals surface area contributed by atoms with Gasteiger partial charge in [0.1, 0.15) is 0 Å². The minimum atomic E-state index is 0.568. The van der Waals surface area contributed by atoms with Crippen LogP contribution in [0.4, 0.5) is 5.69 Å². The van der Waals surface area contributed by atoms with Crippen LogP contribution in [0, 0.1) is 17.8 Å². The Morgan fingerprint density at radius 2 is 1.78 bits per heavy atom. The molecule has 0 heterocycles. The molecule has 1 saturated carbocycles. The van der Waals surface area contributed by atoms with Crippen LogP contribution >= 0.6 is 34.8 Å². The third kappa shape index (κ3) is 2.36. The predicted molar refractivity (Wildman–Crippen MR) is 78.8 cm³/mol. The maximum absolute atomic E-state index is 6.15. The SMILES string of the molecule is Clc1cc(Cl)c(NCC2CC3C=CC2C3)c(Cl)c1. The molecule has 3 atom stereocenters. The number of hydrogen-bond acceptors (Lipinski definition) is 1. The van der Waals surface area contributed by atoms with Gasteiger partial charge in [-0.25, -0.2) is 0 Å². The summed E-state index contributed by atoms with van der Waals surface area (Å²) in [6, 6.07) is 3.44. The molecule has 2 bridgehead atoms. The lowest BCUT2D eigenvalue weighted by atomic mass is 9.93. The smallest absolute Gasteiger partial charge is 0.0720 e. The number of rotatable bonds is 3. The molecule has 96 valence electrons. The van der Waals surface area contributed by atoms with Crippen LogP contribution in [0.5, 0.6) is 0 Å². The summed E-state index contributed by atoms with van der Waals surface area (Å²) in [7, 11) is 0. The van der Waals surface area contributed by atoms with Crippen molar-refractivity contribution in [2.75, 3.05) is 11.9 Å². The molecule has 1 N–H and O–H groups in total. The number of allylic oxidation sites excluding steroid dienone is 2. The Hall–Kier alpha value is -0.370. The number of benzene rings is 1. The minimum Gasteiger partial charge on any atom is -0.382 e. The van der Waals surface area contributed by atoms with E-state index in [9.17, 15) is 0 Å². The Balaban J connectivity index is 1.69. The van der Waals surface area contributed by atoms with Crippen LogP contribution in [0.2, 0.25) is 15.1 Å². The second-order valence-corrected chi connectivity index (χ2v) is 6.42. The van der Waals surface area contributed by atoms with Crippen molar-refractivity contribution in [1.29, 1.82) is 0 Å². The second-order valence-electron chi connectivity index (χ2n) is 5.17. The summed E-state index contributed by atoms with van der Waals surface area (Å²) in [5, 5.41) is 5.12. The predicted octanol–water partition coefficient (Wildman–Crippen LogP) is 5.27. The number of hydrogen-bond donors (Lipinski definition) is 1. The summed E-state index contributed by atoms with van der Waals surface area (Å²) in [6.07, 6.45) is 7.29. The van der Waals surface area contributed by atoms with E-state index in [1.807, 2.05) is 0 Å². The van der Waals surface area contributed by atoms with Crippen LogP contribution in [0.1, 0.15) is 12.8 Å². The van der Waals surface area contributed by atoms with E-state index in [0.29, 0.717) is 21.0 Å². The van der Waals surface area contributed by atoms with E-state index in [0.717, 1.165) is 24.1 Å². The molecule has 4 heteroatoms. The maximum Gasteiger partial charge on any atom is 0.0720 e. The maximum atomic E-state index is 6.15. The molecule has 1 fully saturated rings. The topological polar surface area (TPSA) is 12.0 Å². The monoisotopic (exact) mass is 301 g/mol. The van der Waals surface area contributed by atoms with Crippen molar-refractivity contribution < 1.29 is 0 Å². The van der Waals surface area contributed by atoms with Gasteiger partial charge in [0.2, 0.25) is 0 Å². The fourth-order valence-electron chi connectivity index (χ4n) is 3.07. The van der Waals surface area contributed by atoms with Gasteiger partial charge in [-0.3, -0.25) is 0 Å². The molecule has 0 amide bonds. The molecule has 1 aromatic carbocycles. The first-order chi connectivity index (χ1) is 8.63. The highest BCUT2D eigenvalue weighted by molar-refractivity contribution is 6.41. The molecule has 18 heavy (non-hydrogen) atoms. The van der Waals surface area contributed by atoms with Crippen molar-refractivity contribution >= 4 is 40.5 Å². The van der Waals surface area contributed by atoms with Crippen molar-refractivity contribution in [2.24, 2.45) is 17.8 Å². The first kappa shape index (κ1) is 12.7. The Morgan fingerprint density at radius 1 is 1.06 bits per heavy atom. The van der Waals surface area contributed by atoms with Gasteiger partial charge in [0.15, 0.2) is 0 Å². The fourth-order valence-corrected chi connectivity index (χ4v) is 4.02. The van der Waals surface area contributed by atoms with E-state index in [2.05, 4.69) is 17.5 Å². The van der Waals surface area contributed by atoms with E-state index in [4.69, 9.17) is 34.8 Å². The molecule has 0 radical (unpaired) electrons. The third-order valence-electron chi connectivity index (χ3n) is 3.96. The highest BCUT2D eigenvalue weighted by Crippen LogP contribution is 2.44. The molecule has 0 saturated heterocycles. The van der Waals surface area contributed by atoms with Gasteiger partial charge in [-0.2, -0.15) is 0 Å². The molecular formula is C14H14Cl3N. The average molecular weight is 303 g/mol. The third-order valence-corrected chi connectivity index (χ3v) is 4.78. The molecular weight excluding hydrogens is 289 g/mol. The molecule has 3 unspecified atom stereocenters. The summed E-state index contributed by atoms with van der Waals surface area (Å²) in [5.74, 6) is 2.22. The molecule has 0 spiro atoms. The first-order valence-corrected chi connectivity index (χ1v) is 7.33. The average Bonchev–Trinajstić information content (AvgIpc) is 2.89. The molecule has 1 aromatic rings. The summed E-state index contributed by atoms with van der Waals surface area (Å²) in [4.78, 5) is 0. The molecule has 0 aliphatic heterocycles. The molecule has 2 aliphatic rings. The van der Waals surface area contributed by atoms with E-state index in [1.54, 1.807) is 12.1 Å². The van der Waals surface area contributed by atoms with Gasteiger partial charge in [-0.15, -0.1) is 0 Å². The van der Waals surface area contributed by atoms with E-state index in [1.165, 1.54) is 12.8 Å². The van der Waals surface area contributed by atoms with Crippen molar-refractivity contribution in [3.05, 3.63) is 39.4 Å². The van der Waals surface area contributed by atoms with Crippen LogP contribution in [-0.2, 0) is 0 Å². The summed E-state index contributed by atoms with van der Waals surface area (Å²) >= 11 is 18.2. The normalized spacial score (nSPS) is 28.9. The Labute approximate surface area is 122 Å². The first-order valence-electron chi connectivity index (χ1n) is 6.20. The summed E-state index contributed by atoms with van der Waals surface area (Å²) in [6.45, 7) is 0.923. The molecule has 2 aliphatic carbocycles. The standard InChI is InChI=1S/C14H14Cl3N/c15-11-5-12(16)14(13(17)6-11)18-7-10-4-8-1-2-9(10)3-8/h1-2,5-6,8-10,18H,3-4,7H2.